The number of phosphoric ester groups is 5. The van der Waals surface area contributed by atoms with Crippen molar-refractivity contribution in [1.82, 2.24) is 0 Å². The Hall–Kier alpha value is 1.13. The van der Waals surface area contributed by atoms with Gasteiger partial charge in [-0.2, -0.15) is 0 Å². The summed E-state index contributed by atoms with van der Waals surface area (Å²) >= 11 is 0. The van der Waals surface area contributed by atoms with Crippen LogP contribution >= 0.6 is 39.1 Å². The molecule has 285 valence electrons. The van der Waals surface area contributed by atoms with Crippen molar-refractivity contribution >= 4 is 39.1 Å². The second-order valence-electron chi connectivity index (χ2n) is 6.41. The molecule has 0 atom stereocenters. The Morgan fingerprint density at radius 2 is 0.348 bits per heavy atom. The van der Waals surface area contributed by atoms with E-state index in [1.165, 1.54) is 0 Å². The van der Waals surface area contributed by atoms with Gasteiger partial charge < -0.3 is 69.7 Å². The standard InChI is InChI=1S/5C4H11O4P.V/c5*1-3-7-9(5,6)8-4-2;/h5*3-4H2,1-2H3,(H,5,6);/p-5. The monoisotopic (exact) mass is 816 g/mol. The van der Waals surface area contributed by atoms with E-state index < -0.39 is 39.1 Å². The second kappa shape index (κ2) is 35.9. The molecule has 0 aliphatic carbocycles. The maximum atomic E-state index is 10.4. The summed E-state index contributed by atoms with van der Waals surface area (Å²) in [4.78, 5) is 52.1. The quantitative estimate of drug-likeness (QED) is 0.159. The van der Waals surface area contributed by atoms with Crippen LogP contribution in [0.2, 0.25) is 0 Å². The van der Waals surface area contributed by atoms with E-state index in [0.717, 1.165) is 0 Å². The molecule has 26 heteroatoms. The molecule has 0 spiro atoms. The smallest absolute Gasteiger partial charge is 0.267 e. The molecule has 0 aromatic rings. The van der Waals surface area contributed by atoms with Crippen molar-refractivity contribution < 1.29 is 111 Å². The van der Waals surface area contributed by atoms with Gasteiger partial charge in [-0.25, -0.2) is 0 Å². The average molecular weight is 816 g/mol. The van der Waals surface area contributed by atoms with Crippen LogP contribution in [0.15, 0.2) is 0 Å². The molecule has 0 aromatic carbocycles. The van der Waals surface area contributed by atoms with E-state index in [1.807, 2.05) is 0 Å². The Labute approximate surface area is 285 Å². The molecule has 0 aliphatic rings. The first kappa shape index (κ1) is 59.3. The minimum absolute atomic E-state index is 0. The molecule has 0 saturated carbocycles. The molecule has 0 N–H and O–H groups in total. The number of hydrogen-bond donors (Lipinski definition) is 0. The zero-order valence-electron chi connectivity index (χ0n) is 27.9. The summed E-state index contributed by atoms with van der Waals surface area (Å²) in [7, 11) is -19.7. The van der Waals surface area contributed by atoms with Gasteiger partial charge in [0.15, 0.2) is 0 Å². The van der Waals surface area contributed by atoms with Gasteiger partial charge in [0.05, 0.1) is 66.1 Å². The third kappa shape index (κ3) is 52.0. The maximum absolute atomic E-state index is 10.4. The molecule has 0 aromatic heterocycles. The van der Waals surface area contributed by atoms with Crippen molar-refractivity contribution in [3.8, 4) is 0 Å². The molecule has 0 amide bonds. The zero-order chi connectivity index (χ0) is 36.6. The Kier molecular flexibility index (Phi) is 46.3. The average Bonchev–Trinajstić information content (AvgIpc) is 2.85. The fraction of sp³-hybridized carbons (Fsp3) is 1.00. The van der Waals surface area contributed by atoms with Crippen LogP contribution in [0.3, 0.4) is 0 Å². The topological polar surface area (TPSA) is 293 Å². The van der Waals surface area contributed by atoms with Crippen molar-refractivity contribution in [2.45, 2.75) is 69.2 Å². The SMILES string of the molecule is CCOP(=O)([O-])OCC.CCOP(=O)([O-])OCC.CCOP(=O)([O-])OCC.CCOP(=O)([O-])OCC.CCOP(=O)([O-])OCC.[V]. The predicted octanol–water partition coefficient (Wildman–Crippen LogP) is 2.64. The number of hydrogen-bond acceptors (Lipinski definition) is 20. The van der Waals surface area contributed by atoms with Crippen LogP contribution in [0.4, 0.5) is 0 Å². The van der Waals surface area contributed by atoms with Gasteiger partial charge in [-0.3, -0.25) is 22.8 Å². The zero-order valence-corrected chi connectivity index (χ0v) is 33.8. The van der Waals surface area contributed by atoms with E-state index in [0.29, 0.717) is 0 Å². The largest absolute Gasteiger partial charge is 0.756 e. The first-order valence-electron chi connectivity index (χ1n) is 13.6. The summed E-state index contributed by atoms with van der Waals surface area (Å²) in [6.07, 6.45) is 0. The summed E-state index contributed by atoms with van der Waals surface area (Å²) in [5.74, 6) is 0. The van der Waals surface area contributed by atoms with Gasteiger partial charge in [-0.1, -0.05) is 0 Å². The molecule has 46 heavy (non-hydrogen) atoms. The van der Waals surface area contributed by atoms with E-state index in [9.17, 15) is 47.3 Å². The van der Waals surface area contributed by atoms with E-state index >= 15 is 0 Å². The van der Waals surface area contributed by atoms with Crippen LogP contribution in [-0.4, -0.2) is 66.1 Å². The summed E-state index contributed by atoms with van der Waals surface area (Å²) in [6, 6.07) is 0. The van der Waals surface area contributed by atoms with Crippen molar-refractivity contribution in [2.24, 2.45) is 0 Å². The number of rotatable bonds is 20. The minimum atomic E-state index is -3.94. The Morgan fingerprint density at radius 3 is 0.391 bits per heavy atom. The van der Waals surface area contributed by atoms with E-state index in [2.05, 4.69) is 45.2 Å². The molecule has 20 nitrogen and oxygen atoms in total. The van der Waals surface area contributed by atoms with E-state index in [-0.39, 0.29) is 84.6 Å². The molecule has 0 rings (SSSR count). The van der Waals surface area contributed by atoms with Gasteiger partial charge >= 0.3 is 0 Å². The molecule has 0 saturated heterocycles. The Bertz CT molecular complexity index is 685. The third-order valence-corrected chi connectivity index (χ3v) is 8.62. The molecule has 0 heterocycles. The van der Waals surface area contributed by atoms with Crippen molar-refractivity contribution in [1.29, 1.82) is 0 Å². The first-order valence-corrected chi connectivity index (χ1v) is 20.9. The number of phosphoric acid groups is 5. The molecule has 0 aliphatic heterocycles. The summed E-state index contributed by atoms with van der Waals surface area (Å²) in [5.41, 5.74) is 0. The molecule has 0 unspecified atom stereocenters. The van der Waals surface area contributed by atoms with Gasteiger partial charge in [0.1, 0.15) is 0 Å². The van der Waals surface area contributed by atoms with Gasteiger partial charge in [0, 0.05) is 18.6 Å². The van der Waals surface area contributed by atoms with Crippen LogP contribution in [0.25, 0.3) is 0 Å². The van der Waals surface area contributed by atoms with Gasteiger partial charge in [-0.15, -0.1) is 0 Å². The van der Waals surface area contributed by atoms with Crippen LogP contribution in [0, 0.1) is 0 Å². The van der Waals surface area contributed by atoms with E-state index in [1.54, 1.807) is 69.2 Å². The summed E-state index contributed by atoms with van der Waals surface area (Å²) < 4.78 is 94.5. The normalized spacial score (nSPS) is 11.6. The Balaban J connectivity index is -0.000000108. The maximum Gasteiger partial charge on any atom is 0.267 e. The molecule has 0 bridgehead atoms. The van der Waals surface area contributed by atoms with Gasteiger partial charge in [-0.05, 0) is 69.2 Å². The second-order valence-corrected chi connectivity index (χ2v) is 13.5. The summed E-state index contributed by atoms with van der Waals surface area (Å²) in [5, 5.41) is 0. The fourth-order valence-electron chi connectivity index (χ4n) is 1.77. The van der Waals surface area contributed by atoms with Crippen molar-refractivity contribution in [3.63, 3.8) is 0 Å². The summed E-state index contributed by atoms with van der Waals surface area (Å²) in [6.45, 7) is 17.1. The van der Waals surface area contributed by atoms with Crippen LogP contribution < -0.4 is 24.5 Å². The van der Waals surface area contributed by atoms with Crippen LogP contribution in [-0.2, 0) is 86.6 Å². The molecular formula is C20H50O20P5V-5. The van der Waals surface area contributed by atoms with Crippen LogP contribution in [0.1, 0.15) is 69.2 Å². The molecule has 0 fully saturated rings. The predicted molar refractivity (Wildman–Crippen MR) is 154 cm³/mol. The Morgan fingerprint density at radius 1 is 0.283 bits per heavy atom. The van der Waals surface area contributed by atoms with Crippen molar-refractivity contribution in [3.05, 3.63) is 0 Å². The third-order valence-electron chi connectivity index (χ3n) is 2.87. The van der Waals surface area contributed by atoms with Crippen LogP contribution in [0.5, 0.6) is 0 Å². The minimum Gasteiger partial charge on any atom is -0.756 e. The van der Waals surface area contributed by atoms with Crippen molar-refractivity contribution in [2.75, 3.05) is 66.1 Å². The molecule has 1 radical (unpaired) electrons. The fourth-order valence-corrected chi connectivity index (χ4v) is 5.30. The first-order chi connectivity index (χ1) is 20.6. The molecular weight excluding hydrogens is 766 g/mol. The van der Waals surface area contributed by atoms with E-state index in [4.69, 9.17) is 0 Å². The van der Waals surface area contributed by atoms with Gasteiger partial charge in [0.2, 0.25) is 0 Å². The van der Waals surface area contributed by atoms with Gasteiger partial charge in [0.25, 0.3) is 39.1 Å².